The van der Waals surface area contributed by atoms with Crippen LogP contribution in [0.1, 0.15) is 22.3 Å². The van der Waals surface area contributed by atoms with Gasteiger partial charge in [0.15, 0.2) is 0 Å². The lowest BCUT2D eigenvalue weighted by molar-refractivity contribution is 0.122. The third-order valence-corrected chi connectivity index (χ3v) is 8.87. The number of halogens is 1. The molecular weight excluding hydrogens is 516 g/mol. The van der Waals surface area contributed by atoms with Gasteiger partial charge >= 0.3 is 0 Å². The molecule has 5 rings (SSSR count). The number of nitrogens with zero attached hydrogens (tertiary/aromatic N) is 3. The monoisotopic (exact) mass is 546 g/mol. The molecule has 0 saturated carbocycles. The van der Waals surface area contributed by atoms with Crippen molar-refractivity contribution in [2.45, 2.75) is 24.9 Å². The summed E-state index contributed by atoms with van der Waals surface area (Å²) in [6.07, 6.45) is 3.40. The number of pyridine rings is 1. The zero-order valence-electron chi connectivity index (χ0n) is 21.4. The van der Waals surface area contributed by atoms with Crippen LogP contribution in [0.2, 0.25) is 5.02 Å². The standard InChI is InChI=1S/C30H31ClN4O2S/c1-3-24-7-4-9-26(29(24)31)21-35-17-15-34(16-18-35)20-23-12-13-27(22(2)19-23)33-38(36,37)28-11-5-8-25-10-6-14-32-30(25)28/h3-14,19,33H,1,15-18,20-21H2,2H3. The van der Waals surface area contributed by atoms with Crippen molar-refractivity contribution in [3.8, 4) is 0 Å². The van der Waals surface area contributed by atoms with Gasteiger partial charge in [-0.2, -0.15) is 0 Å². The van der Waals surface area contributed by atoms with Gasteiger partial charge in [-0.25, -0.2) is 8.42 Å². The third-order valence-electron chi connectivity index (χ3n) is 7.01. The summed E-state index contributed by atoms with van der Waals surface area (Å²) < 4.78 is 29.2. The average Bonchev–Trinajstić information content (AvgIpc) is 2.92. The van der Waals surface area contributed by atoms with E-state index >= 15 is 0 Å². The number of para-hydroxylation sites is 1. The second-order valence-corrected chi connectivity index (χ2v) is 11.7. The first-order valence-corrected chi connectivity index (χ1v) is 14.5. The van der Waals surface area contributed by atoms with Gasteiger partial charge in [-0.15, -0.1) is 0 Å². The molecule has 0 spiro atoms. The summed E-state index contributed by atoms with van der Waals surface area (Å²) in [6, 6.07) is 20.8. The van der Waals surface area contributed by atoms with E-state index in [9.17, 15) is 8.42 Å². The van der Waals surface area contributed by atoms with Crippen molar-refractivity contribution in [1.29, 1.82) is 0 Å². The second-order valence-electron chi connectivity index (χ2n) is 9.66. The quantitative estimate of drug-likeness (QED) is 0.295. The molecule has 1 aromatic heterocycles. The van der Waals surface area contributed by atoms with Crippen molar-refractivity contribution in [3.63, 3.8) is 0 Å². The highest BCUT2D eigenvalue weighted by Gasteiger charge is 2.21. The lowest BCUT2D eigenvalue weighted by Crippen LogP contribution is -2.45. The van der Waals surface area contributed by atoms with Crippen LogP contribution >= 0.6 is 11.6 Å². The minimum Gasteiger partial charge on any atom is -0.297 e. The van der Waals surface area contributed by atoms with Crippen LogP contribution in [0.4, 0.5) is 5.69 Å². The Kier molecular flexibility index (Phi) is 7.81. The topological polar surface area (TPSA) is 65.5 Å². The van der Waals surface area contributed by atoms with Gasteiger partial charge in [0.1, 0.15) is 4.90 Å². The molecule has 0 bridgehead atoms. The van der Waals surface area contributed by atoms with Crippen LogP contribution in [0.15, 0.2) is 84.4 Å². The van der Waals surface area contributed by atoms with E-state index in [1.165, 1.54) is 0 Å². The summed E-state index contributed by atoms with van der Waals surface area (Å²) in [6.45, 7) is 11.3. The van der Waals surface area contributed by atoms with Crippen LogP contribution in [0.25, 0.3) is 17.0 Å². The molecule has 0 atom stereocenters. The molecule has 1 aliphatic rings. The van der Waals surface area contributed by atoms with Crippen molar-refractivity contribution in [2.75, 3.05) is 30.9 Å². The highest BCUT2D eigenvalue weighted by Crippen LogP contribution is 2.27. The summed E-state index contributed by atoms with van der Waals surface area (Å²) in [5, 5.41) is 1.57. The highest BCUT2D eigenvalue weighted by atomic mass is 35.5. The van der Waals surface area contributed by atoms with Gasteiger partial charge < -0.3 is 0 Å². The minimum atomic E-state index is -3.79. The van der Waals surface area contributed by atoms with Gasteiger partial charge in [-0.3, -0.25) is 19.5 Å². The number of aryl methyl sites for hydroxylation is 1. The van der Waals surface area contributed by atoms with Gasteiger partial charge in [0.2, 0.25) is 0 Å². The lowest BCUT2D eigenvalue weighted by atomic mass is 10.1. The Morgan fingerprint density at radius 3 is 2.42 bits per heavy atom. The van der Waals surface area contributed by atoms with E-state index in [1.54, 1.807) is 30.5 Å². The molecule has 196 valence electrons. The van der Waals surface area contributed by atoms with E-state index in [-0.39, 0.29) is 4.90 Å². The molecule has 1 aliphatic heterocycles. The molecule has 4 aromatic rings. The molecule has 1 N–H and O–H groups in total. The van der Waals surface area contributed by atoms with Crippen LogP contribution < -0.4 is 4.72 Å². The molecule has 3 aromatic carbocycles. The van der Waals surface area contributed by atoms with Gasteiger partial charge in [-0.1, -0.05) is 72.8 Å². The number of benzene rings is 3. The summed E-state index contributed by atoms with van der Waals surface area (Å²) in [5.41, 5.74) is 5.18. The zero-order valence-corrected chi connectivity index (χ0v) is 23.0. The fourth-order valence-corrected chi connectivity index (χ4v) is 6.49. The highest BCUT2D eigenvalue weighted by molar-refractivity contribution is 7.93. The fraction of sp³-hybridized carbons (Fsp3) is 0.233. The molecule has 0 unspecified atom stereocenters. The van der Waals surface area contributed by atoms with Gasteiger partial charge in [0, 0.05) is 50.9 Å². The zero-order chi connectivity index (χ0) is 26.7. The Balaban J connectivity index is 1.21. The Hall–Kier alpha value is -3.23. The van der Waals surface area contributed by atoms with Crippen molar-refractivity contribution < 1.29 is 8.42 Å². The van der Waals surface area contributed by atoms with Crippen molar-refractivity contribution in [1.82, 2.24) is 14.8 Å². The smallest absolute Gasteiger partial charge is 0.264 e. The van der Waals surface area contributed by atoms with Crippen LogP contribution in [-0.2, 0) is 23.1 Å². The predicted octanol–water partition coefficient (Wildman–Crippen LogP) is 5.96. The summed E-state index contributed by atoms with van der Waals surface area (Å²) in [4.78, 5) is 9.32. The predicted molar refractivity (Wildman–Crippen MR) is 156 cm³/mol. The first-order chi connectivity index (χ1) is 18.3. The Labute approximate surface area is 229 Å². The number of piperazine rings is 1. The molecular formula is C30H31ClN4O2S. The molecule has 0 radical (unpaired) electrons. The number of hydrogen-bond acceptors (Lipinski definition) is 5. The first kappa shape index (κ1) is 26.4. The van der Waals surface area contributed by atoms with E-state index in [1.807, 2.05) is 43.3 Å². The third kappa shape index (κ3) is 5.76. The maximum absolute atomic E-state index is 13.2. The number of anilines is 1. The van der Waals surface area contributed by atoms with E-state index in [4.69, 9.17) is 11.6 Å². The number of fused-ring (bicyclic) bond motifs is 1. The van der Waals surface area contributed by atoms with E-state index in [0.29, 0.717) is 11.2 Å². The SMILES string of the molecule is C=Cc1cccc(CN2CCN(Cc3ccc(NS(=O)(=O)c4cccc5cccnc45)c(C)c3)CC2)c1Cl. The molecule has 8 heteroatoms. The van der Waals surface area contributed by atoms with Crippen molar-refractivity contribution in [3.05, 3.63) is 107 Å². The number of rotatable bonds is 8. The van der Waals surface area contributed by atoms with Gasteiger partial charge in [0.25, 0.3) is 10.0 Å². The largest absolute Gasteiger partial charge is 0.297 e. The summed E-state index contributed by atoms with van der Waals surface area (Å²) >= 11 is 6.54. The van der Waals surface area contributed by atoms with E-state index in [2.05, 4.69) is 38.2 Å². The van der Waals surface area contributed by atoms with Gasteiger partial charge in [-0.05, 0) is 47.4 Å². The minimum absolute atomic E-state index is 0.175. The molecule has 38 heavy (non-hydrogen) atoms. The fourth-order valence-electron chi connectivity index (χ4n) is 4.92. The number of aromatic nitrogens is 1. The van der Waals surface area contributed by atoms with Crippen molar-refractivity contribution in [2.24, 2.45) is 0 Å². The molecule has 1 saturated heterocycles. The van der Waals surface area contributed by atoms with E-state index < -0.39 is 10.0 Å². The Bertz CT molecular complexity index is 1580. The number of sulfonamides is 1. The number of nitrogens with one attached hydrogen (secondary N) is 1. The Morgan fingerprint density at radius 1 is 0.974 bits per heavy atom. The molecule has 6 nitrogen and oxygen atoms in total. The van der Waals surface area contributed by atoms with Crippen LogP contribution in [-0.4, -0.2) is 49.4 Å². The summed E-state index contributed by atoms with van der Waals surface area (Å²) in [7, 11) is -3.79. The number of hydrogen-bond donors (Lipinski definition) is 1. The summed E-state index contributed by atoms with van der Waals surface area (Å²) in [5.74, 6) is 0. The van der Waals surface area contributed by atoms with Crippen LogP contribution in [0, 0.1) is 6.92 Å². The van der Waals surface area contributed by atoms with Crippen LogP contribution in [0.5, 0.6) is 0 Å². The second kappa shape index (κ2) is 11.3. The molecule has 1 fully saturated rings. The van der Waals surface area contributed by atoms with Crippen LogP contribution in [0.3, 0.4) is 0 Å². The molecule has 0 amide bonds. The molecule has 2 heterocycles. The maximum Gasteiger partial charge on any atom is 0.264 e. The maximum atomic E-state index is 13.2. The normalized spacial score (nSPS) is 15.0. The van der Waals surface area contributed by atoms with E-state index in [0.717, 1.165) is 71.9 Å². The molecule has 0 aliphatic carbocycles. The Morgan fingerprint density at radius 2 is 1.68 bits per heavy atom. The first-order valence-electron chi connectivity index (χ1n) is 12.6. The average molecular weight is 547 g/mol. The lowest BCUT2D eigenvalue weighted by Gasteiger charge is -2.35. The van der Waals surface area contributed by atoms with Gasteiger partial charge in [0.05, 0.1) is 16.2 Å². The van der Waals surface area contributed by atoms with Crippen molar-refractivity contribution >= 4 is 44.3 Å².